The van der Waals surface area contributed by atoms with E-state index in [4.69, 9.17) is 4.74 Å². The Morgan fingerprint density at radius 2 is 1.58 bits per heavy atom. The van der Waals surface area contributed by atoms with Crippen LogP contribution in [0.1, 0.15) is 81.5 Å². The van der Waals surface area contributed by atoms with Crippen LogP contribution in [0, 0.1) is 0 Å². The summed E-state index contributed by atoms with van der Waals surface area (Å²) < 4.78 is 33.8. The Bertz CT molecular complexity index is 966. The fraction of sp³-hybridized carbons (Fsp3) is 0.500. The van der Waals surface area contributed by atoms with Gasteiger partial charge in [0.2, 0.25) is 10.0 Å². The van der Waals surface area contributed by atoms with Gasteiger partial charge >= 0.3 is 0 Å². The minimum atomic E-state index is -3.55. The molecule has 0 radical (unpaired) electrons. The van der Waals surface area contributed by atoms with Crippen LogP contribution in [0.2, 0.25) is 0 Å². The molecular weight excluding hydrogens is 436 g/mol. The molecule has 0 atom stereocenters. The van der Waals surface area contributed by atoms with Gasteiger partial charge in [-0.1, -0.05) is 51.9 Å². The number of rotatable bonds is 12. The molecule has 33 heavy (non-hydrogen) atoms. The molecule has 2 N–H and O–H groups in total. The average molecular weight is 473 g/mol. The Balaban J connectivity index is 1.48. The predicted molar refractivity (Wildman–Crippen MR) is 132 cm³/mol. The fourth-order valence-corrected chi connectivity index (χ4v) is 5.33. The number of sulfonamides is 1. The third-order valence-corrected chi connectivity index (χ3v) is 7.52. The summed E-state index contributed by atoms with van der Waals surface area (Å²) in [6.45, 7) is 2.88. The molecule has 0 heterocycles. The molecule has 180 valence electrons. The minimum Gasteiger partial charge on any atom is -0.494 e. The van der Waals surface area contributed by atoms with Crippen molar-refractivity contribution in [2.75, 3.05) is 11.9 Å². The first-order chi connectivity index (χ1) is 16.0. The molecule has 0 spiro atoms. The van der Waals surface area contributed by atoms with Crippen LogP contribution in [-0.2, 0) is 10.0 Å². The molecule has 1 saturated carbocycles. The summed E-state index contributed by atoms with van der Waals surface area (Å²) in [5.41, 5.74) is 1.06. The molecule has 0 unspecified atom stereocenters. The van der Waals surface area contributed by atoms with Crippen molar-refractivity contribution in [3.8, 4) is 5.75 Å². The number of unbranched alkanes of at least 4 members (excludes halogenated alkanes) is 4. The molecule has 2 aromatic carbocycles. The maximum atomic E-state index is 12.6. The van der Waals surface area contributed by atoms with E-state index in [-0.39, 0.29) is 16.8 Å². The molecule has 0 aromatic heterocycles. The van der Waals surface area contributed by atoms with Crippen molar-refractivity contribution in [1.82, 2.24) is 4.72 Å². The van der Waals surface area contributed by atoms with Crippen LogP contribution in [0.25, 0.3) is 0 Å². The van der Waals surface area contributed by atoms with Crippen LogP contribution in [0.4, 0.5) is 5.69 Å². The Kier molecular flexibility index (Phi) is 9.76. The first kappa shape index (κ1) is 25.2. The molecule has 1 aliphatic carbocycles. The highest BCUT2D eigenvalue weighted by Gasteiger charge is 2.21. The second-order valence-electron chi connectivity index (χ2n) is 8.72. The lowest BCUT2D eigenvalue weighted by atomic mass is 9.96. The summed E-state index contributed by atoms with van der Waals surface area (Å²) in [4.78, 5) is 12.8. The van der Waals surface area contributed by atoms with Gasteiger partial charge in [0, 0.05) is 17.3 Å². The smallest absolute Gasteiger partial charge is 0.255 e. The van der Waals surface area contributed by atoms with Crippen molar-refractivity contribution >= 4 is 21.6 Å². The molecule has 2 aromatic rings. The summed E-state index contributed by atoms with van der Waals surface area (Å²) >= 11 is 0. The fourth-order valence-electron chi connectivity index (χ4n) is 4.03. The van der Waals surface area contributed by atoms with Gasteiger partial charge in [-0.05, 0) is 67.8 Å². The van der Waals surface area contributed by atoms with E-state index in [0.29, 0.717) is 17.9 Å². The summed E-state index contributed by atoms with van der Waals surface area (Å²) in [6, 6.07) is 13.4. The average Bonchev–Trinajstić information content (AvgIpc) is 2.82. The monoisotopic (exact) mass is 472 g/mol. The zero-order chi connectivity index (χ0) is 23.5. The Morgan fingerprint density at radius 1 is 0.909 bits per heavy atom. The summed E-state index contributed by atoms with van der Waals surface area (Å²) in [5.74, 6) is 0.499. The molecule has 3 rings (SSSR count). The van der Waals surface area contributed by atoms with E-state index >= 15 is 0 Å². The molecule has 6 nitrogen and oxygen atoms in total. The lowest BCUT2D eigenvalue weighted by Crippen LogP contribution is -2.36. The lowest BCUT2D eigenvalue weighted by Gasteiger charge is -2.22. The van der Waals surface area contributed by atoms with Gasteiger partial charge in [0.15, 0.2) is 0 Å². The van der Waals surface area contributed by atoms with E-state index < -0.39 is 10.0 Å². The molecule has 0 aliphatic heterocycles. The summed E-state index contributed by atoms with van der Waals surface area (Å²) in [7, 11) is -3.55. The number of hydrogen-bond donors (Lipinski definition) is 2. The SMILES string of the molecule is CCCCCCCOc1ccc(C(=O)Nc2ccc(S(=O)(=O)NC3CCCCC3)cc2)cc1. The lowest BCUT2D eigenvalue weighted by molar-refractivity contribution is 0.102. The topological polar surface area (TPSA) is 84.5 Å². The van der Waals surface area contributed by atoms with Gasteiger partial charge in [0.25, 0.3) is 5.91 Å². The number of ether oxygens (including phenoxy) is 1. The number of amides is 1. The Hall–Kier alpha value is -2.38. The first-order valence-electron chi connectivity index (χ1n) is 12.1. The maximum Gasteiger partial charge on any atom is 0.255 e. The Labute approximate surface area is 198 Å². The second-order valence-corrected chi connectivity index (χ2v) is 10.4. The maximum absolute atomic E-state index is 12.6. The van der Waals surface area contributed by atoms with Crippen molar-refractivity contribution < 1.29 is 17.9 Å². The third-order valence-electron chi connectivity index (χ3n) is 5.98. The molecule has 1 fully saturated rings. The largest absolute Gasteiger partial charge is 0.494 e. The van der Waals surface area contributed by atoms with Crippen molar-refractivity contribution in [2.24, 2.45) is 0 Å². The van der Waals surface area contributed by atoms with E-state index in [1.165, 1.54) is 44.2 Å². The highest BCUT2D eigenvalue weighted by molar-refractivity contribution is 7.89. The molecular formula is C26H36N2O4S. The Morgan fingerprint density at radius 3 is 2.24 bits per heavy atom. The third kappa shape index (κ3) is 8.16. The van der Waals surface area contributed by atoms with Gasteiger partial charge in [0.05, 0.1) is 11.5 Å². The highest BCUT2D eigenvalue weighted by Crippen LogP contribution is 2.21. The zero-order valence-electron chi connectivity index (χ0n) is 19.5. The van der Waals surface area contributed by atoms with Crippen LogP contribution >= 0.6 is 0 Å². The molecule has 1 amide bonds. The first-order valence-corrected chi connectivity index (χ1v) is 13.6. The predicted octanol–water partition coefficient (Wildman–Crippen LogP) is 5.90. The van der Waals surface area contributed by atoms with Crippen molar-refractivity contribution in [1.29, 1.82) is 0 Å². The molecule has 0 bridgehead atoms. The molecule has 0 saturated heterocycles. The van der Waals surface area contributed by atoms with E-state index in [1.807, 2.05) is 0 Å². The van der Waals surface area contributed by atoms with E-state index in [2.05, 4.69) is 17.0 Å². The quantitative estimate of drug-likeness (QED) is 0.377. The van der Waals surface area contributed by atoms with Crippen LogP contribution < -0.4 is 14.8 Å². The summed E-state index contributed by atoms with van der Waals surface area (Å²) in [5, 5.41) is 2.81. The van der Waals surface area contributed by atoms with Gasteiger partial charge < -0.3 is 10.1 Å². The number of benzene rings is 2. The van der Waals surface area contributed by atoms with E-state index in [0.717, 1.165) is 37.9 Å². The van der Waals surface area contributed by atoms with Gasteiger partial charge in [-0.25, -0.2) is 13.1 Å². The second kappa shape index (κ2) is 12.8. The zero-order valence-corrected chi connectivity index (χ0v) is 20.3. The van der Waals surface area contributed by atoms with Gasteiger partial charge in [-0.3, -0.25) is 4.79 Å². The number of carbonyl (C=O) groups excluding carboxylic acids is 1. The van der Waals surface area contributed by atoms with Crippen molar-refractivity contribution in [3.63, 3.8) is 0 Å². The summed E-state index contributed by atoms with van der Waals surface area (Å²) in [6.07, 6.45) is 11.0. The minimum absolute atomic E-state index is 0.0103. The normalized spacial score (nSPS) is 14.7. The van der Waals surface area contributed by atoms with Gasteiger partial charge in [-0.15, -0.1) is 0 Å². The molecule has 1 aliphatic rings. The standard InChI is InChI=1S/C26H36N2O4S/c1-2-3-4-5-9-20-32-24-16-12-21(13-17-24)26(29)27-22-14-18-25(19-15-22)33(30,31)28-23-10-7-6-8-11-23/h12-19,23,28H,2-11,20H2,1H3,(H,27,29). The number of hydrogen-bond acceptors (Lipinski definition) is 4. The van der Waals surface area contributed by atoms with Crippen molar-refractivity contribution in [3.05, 3.63) is 54.1 Å². The van der Waals surface area contributed by atoms with Crippen LogP contribution in [0.5, 0.6) is 5.75 Å². The van der Waals surface area contributed by atoms with E-state index in [9.17, 15) is 13.2 Å². The van der Waals surface area contributed by atoms with Crippen LogP contribution in [0.15, 0.2) is 53.4 Å². The van der Waals surface area contributed by atoms with E-state index in [1.54, 1.807) is 36.4 Å². The number of carbonyl (C=O) groups is 1. The molecule has 7 heteroatoms. The van der Waals surface area contributed by atoms with Gasteiger partial charge in [-0.2, -0.15) is 0 Å². The van der Waals surface area contributed by atoms with Crippen LogP contribution in [-0.4, -0.2) is 27.0 Å². The van der Waals surface area contributed by atoms with Gasteiger partial charge in [0.1, 0.15) is 5.75 Å². The van der Waals surface area contributed by atoms with Crippen LogP contribution in [0.3, 0.4) is 0 Å². The highest BCUT2D eigenvalue weighted by atomic mass is 32.2. The van der Waals surface area contributed by atoms with Crippen molar-refractivity contribution in [2.45, 2.75) is 82.1 Å². The number of anilines is 1. The number of nitrogens with one attached hydrogen (secondary N) is 2.